The van der Waals surface area contributed by atoms with Crippen LogP contribution >= 0.6 is 0 Å². The van der Waals surface area contributed by atoms with Crippen molar-refractivity contribution in [1.29, 1.82) is 0 Å². The van der Waals surface area contributed by atoms with Crippen molar-refractivity contribution in [1.82, 2.24) is 14.9 Å². The fraction of sp³-hybridized carbons (Fsp3) is 0.721. The Balaban J connectivity index is 1.36. The molecule has 1 aromatic heterocycles. The number of allylic oxidation sites excluding steroid dienone is 3. The van der Waals surface area contributed by atoms with Crippen LogP contribution in [0.4, 0.5) is 0 Å². The second-order valence-electron chi connectivity index (χ2n) is 24.6. The first-order valence-corrected chi connectivity index (χ1v) is 31.6. The zero-order valence-corrected chi connectivity index (χ0v) is 50.7. The molecule has 2 aromatic rings. The summed E-state index contributed by atoms with van der Waals surface area (Å²) in [6, 6.07) is 8.89. The van der Waals surface area contributed by atoms with Gasteiger partial charge < -0.3 is 52.6 Å². The molecule has 17 heteroatoms. The van der Waals surface area contributed by atoms with Crippen LogP contribution in [0.15, 0.2) is 53.6 Å². The number of ether oxygens (including phenoxy) is 7. The van der Waals surface area contributed by atoms with Gasteiger partial charge in [-0.05, 0) is 119 Å². The number of carbonyl (C=O) groups excluding carboxylic acids is 4. The Morgan fingerprint density at radius 1 is 0.885 bits per heavy atom. The van der Waals surface area contributed by atoms with Crippen molar-refractivity contribution >= 4 is 31.8 Å². The number of rotatable bonds is 14. The molecule has 14 unspecified atom stereocenters. The first-order valence-electron chi connectivity index (χ1n) is 28.7. The minimum Gasteiger partial charge on any atom is -0.456 e. The number of nitrogens with zero attached hydrogens (tertiary/aromatic N) is 2. The van der Waals surface area contributed by atoms with Crippen LogP contribution in [0, 0.1) is 29.6 Å². The first-order chi connectivity index (χ1) is 36.9. The summed E-state index contributed by atoms with van der Waals surface area (Å²) < 4.78 is 50.6. The minimum atomic E-state index is -2.57. The molecular formula is C61H95N3O13Si. The fourth-order valence-electron chi connectivity index (χ4n) is 12.1. The summed E-state index contributed by atoms with van der Waals surface area (Å²) in [5, 5.41) is 12.1. The van der Waals surface area contributed by atoms with Gasteiger partial charge in [-0.1, -0.05) is 96.5 Å². The largest absolute Gasteiger partial charge is 0.456 e. The van der Waals surface area contributed by atoms with E-state index in [1.54, 1.807) is 35.4 Å². The number of Topliss-reactive ketones (excluding diaryl/α,β-unsaturated/α-hetero) is 2. The molecule has 4 heterocycles. The number of imidazole rings is 1. The lowest BCUT2D eigenvalue weighted by Crippen LogP contribution is -2.64. The number of cyclic esters (lactones) is 1. The average Bonchev–Trinajstić information content (AvgIpc) is 3.84. The minimum absolute atomic E-state index is 0.0108. The lowest BCUT2D eigenvalue weighted by atomic mass is 9.81. The maximum Gasteiger partial charge on any atom is 0.329 e. The summed E-state index contributed by atoms with van der Waals surface area (Å²) in [6.45, 7) is 23.4. The van der Waals surface area contributed by atoms with Crippen LogP contribution in [0.3, 0.4) is 0 Å². The predicted octanol–water partition coefficient (Wildman–Crippen LogP) is 10.3. The van der Waals surface area contributed by atoms with Crippen LogP contribution in [0.5, 0.6) is 0 Å². The maximum absolute atomic E-state index is 15.1. The Bertz CT molecular complexity index is 2380. The second kappa shape index (κ2) is 27.7. The normalized spacial score (nSPS) is 33.6. The number of aliphatic hydroxyl groups is 1. The van der Waals surface area contributed by atoms with Crippen LogP contribution in [-0.2, 0) is 70.0 Å². The molecule has 1 aliphatic carbocycles. The molecule has 16 nitrogen and oxygen atoms in total. The summed E-state index contributed by atoms with van der Waals surface area (Å²) in [4.78, 5) is 68.9. The van der Waals surface area contributed by atoms with E-state index in [4.69, 9.17) is 42.6 Å². The molecule has 1 saturated carbocycles. The number of carbonyl (C=O) groups is 4. The molecule has 1 amide bonds. The van der Waals surface area contributed by atoms with Crippen molar-refractivity contribution in [2.75, 3.05) is 35.0 Å². The quantitative estimate of drug-likeness (QED) is 0.0785. The Morgan fingerprint density at radius 2 is 1.56 bits per heavy atom. The molecule has 3 fully saturated rings. The SMILES string of the molecule is CCC1/C=C(\C)CC(C)CC(OC)C2OC(O)(C(=O)C(=O)N3CCCCC3C(=O)OC(C(C)=CC3CCC(OCc4nc(COC)c(-c5ccccc5)[nH]4)C(OC)C3)C(C)C(O[Si](C)(C)C(C)(C)C)CC1=O)C(C)CC2OC. The van der Waals surface area contributed by atoms with Crippen LogP contribution in [-0.4, -0.2) is 141 Å². The Hall–Kier alpha value is -3.91. The number of methoxy groups -OCH3 is 4. The molecule has 4 aliphatic rings. The summed E-state index contributed by atoms with van der Waals surface area (Å²) >= 11 is 0. The summed E-state index contributed by atoms with van der Waals surface area (Å²) in [6.07, 6.45) is 5.73. The van der Waals surface area contributed by atoms with Gasteiger partial charge in [-0.15, -0.1) is 0 Å². The summed E-state index contributed by atoms with van der Waals surface area (Å²) in [7, 11) is 3.89. The molecule has 0 spiro atoms. The monoisotopic (exact) mass is 1110 g/mol. The van der Waals surface area contributed by atoms with Gasteiger partial charge in [0.1, 0.15) is 36.5 Å². The average molecular weight is 1110 g/mol. The van der Waals surface area contributed by atoms with E-state index in [-0.39, 0.29) is 67.3 Å². The number of benzene rings is 1. The van der Waals surface area contributed by atoms with Crippen molar-refractivity contribution in [3.05, 3.63) is 65.1 Å². The van der Waals surface area contributed by atoms with Crippen molar-refractivity contribution in [3.8, 4) is 11.3 Å². The predicted molar refractivity (Wildman–Crippen MR) is 301 cm³/mol. The van der Waals surface area contributed by atoms with E-state index in [1.165, 1.54) is 4.90 Å². The Morgan fingerprint density at radius 3 is 2.21 bits per heavy atom. The van der Waals surface area contributed by atoms with Crippen LogP contribution < -0.4 is 0 Å². The van der Waals surface area contributed by atoms with E-state index in [2.05, 4.69) is 57.9 Å². The number of fused-ring (bicyclic) bond motifs is 3. The number of amides is 1. The van der Waals surface area contributed by atoms with Crippen molar-refractivity contribution in [3.63, 3.8) is 0 Å². The number of esters is 1. The number of hydrogen-bond acceptors (Lipinski definition) is 14. The molecule has 6 rings (SSSR count). The number of piperidine rings is 1. The summed E-state index contributed by atoms with van der Waals surface area (Å²) in [5.41, 5.74) is 4.54. The third kappa shape index (κ3) is 15.1. The molecule has 14 atom stereocenters. The standard InChI is InChI=1S/C61H95N3O13Si/c1-16-43-29-37(2)28-38(3)30-51(72-12)56-52(73-13)32-40(5)61(69,76-56)57(66)58(67)64-27-21-20-24-46(64)59(68)75-55(41(6)49(34-47(43)65)77-78(14,15)60(7,8)9)39(4)31-42-25-26-48(50(33-42)71-11)74-36-53-62-45(35-70-10)54(63-53)44-22-18-17-19-23-44/h17-19,22-23,29,31,38,40-43,46,48-52,55-56,69H,16,20-21,24-28,30,32-36H2,1-15H3,(H,62,63)/b37-29+,39-31?. The number of hydrogen-bond donors (Lipinski definition) is 2. The number of ketones is 2. The van der Waals surface area contributed by atoms with Gasteiger partial charge >= 0.3 is 5.97 Å². The highest BCUT2D eigenvalue weighted by Gasteiger charge is 2.57. The highest BCUT2D eigenvalue weighted by molar-refractivity contribution is 6.74. The van der Waals surface area contributed by atoms with E-state index >= 15 is 4.79 Å². The topological polar surface area (TPSA) is 194 Å². The molecule has 1 aromatic carbocycles. The van der Waals surface area contributed by atoms with Gasteiger partial charge in [0.15, 0.2) is 8.32 Å². The van der Waals surface area contributed by atoms with E-state index < -0.39 is 86.1 Å². The van der Waals surface area contributed by atoms with E-state index in [9.17, 15) is 19.5 Å². The molecule has 2 saturated heterocycles. The lowest BCUT2D eigenvalue weighted by Gasteiger charge is -2.47. The van der Waals surface area contributed by atoms with Gasteiger partial charge in [0.25, 0.3) is 11.7 Å². The van der Waals surface area contributed by atoms with Crippen LogP contribution in [0.2, 0.25) is 18.1 Å². The third-order valence-corrected chi connectivity index (χ3v) is 22.2. The zero-order valence-electron chi connectivity index (χ0n) is 49.7. The Kier molecular flexibility index (Phi) is 22.5. The smallest absolute Gasteiger partial charge is 0.329 e. The number of nitrogens with one attached hydrogen (secondary N) is 1. The molecule has 0 radical (unpaired) electrons. The first kappa shape index (κ1) is 63.3. The molecule has 3 aliphatic heterocycles. The molecule has 2 N–H and O–H groups in total. The lowest BCUT2D eigenvalue weighted by molar-refractivity contribution is -0.302. The van der Waals surface area contributed by atoms with Gasteiger partial charge in [0, 0.05) is 59.2 Å². The van der Waals surface area contributed by atoms with Gasteiger partial charge in [0.05, 0.1) is 48.5 Å². The summed E-state index contributed by atoms with van der Waals surface area (Å²) in [5.74, 6) is -6.30. The number of aromatic nitrogens is 2. The van der Waals surface area contributed by atoms with Gasteiger partial charge in [-0.2, -0.15) is 0 Å². The van der Waals surface area contributed by atoms with Gasteiger partial charge in [0.2, 0.25) is 5.79 Å². The highest BCUT2D eigenvalue weighted by Crippen LogP contribution is 2.42. The molecule has 78 heavy (non-hydrogen) atoms. The van der Waals surface area contributed by atoms with E-state index in [1.807, 2.05) is 58.0 Å². The van der Waals surface area contributed by atoms with Crippen molar-refractivity contribution in [2.24, 2.45) is 29.6 Å². The Labute approximate surface area is 466 Å². The molecule has 436 valence electrons. The van der Waals surface area contributed by atoms with E-state index in [0.717, 1.165) is 34.5 Å². The van der Waals surface area contributed by atoms with E-state index in [0.29, 0.717) is 57.4 Å². The van der Waals surface area contributed by atoms with Crippen molar-refractivity contribution in [2.45, 2.75) is 219 Å². The van der Waals surface area contributed by atoms with Crippen LogP contribution in [0.1, 0.15) is 144 Å². The molecular weight excluding hydrogens is 1010 g/mol. The number of aromatic amines is 1. The third-order valence-electron chi connectivity index (χ3n) is 17.7. The fourth-order valence-corrected chi connectivity index (χ4v) is 13.5. The maximum atomic E-state index is 15.1. The van der Waals surface area contributed by atoms with Crippen molar-refractivity contribution < 1.29 is 61.9 Å². The number of H-pyrrole nitrogens is 1. The van der Waals surface area contributed by atoms with Gasteiger partial charge in [-0.25, -0.2) is 9.78 Å². The molecule has 2 bridgehead atoms. The van der Waals surface area contributed by atoms with Gasteiger partial charge in [-0.3, -0.25) is 14.4 Å². The zero-order chi connectivity index (χ0) is 57.3. The van der Waals surface area contributed by atoms with Crippen LogP contribution in [0.25, 0.3) is 11.3 Å². The second-order valence-corrected chi connectivity index (χ2v) is 29.3. The highest BCUT2D eigenvalue weighted by atomic mass is 28.4.